The Hall–Kier alpha value is -1.99. The number of alkyl halides is 3. The number of carbonyl (C=O) groups excluding carboxylic acids is 1. The fourth-order valence-electron chi connectivity index (χ4n) is 0.994. The Bertz CT molecular complexity index is 405. The third kappa shape index (κ3) is 3.30. The predicted octanol–water partition coefficient (Wildman–Crippen LogP) is 0.737. The van der Waals surface area contributed by atoms with Gasteiger partial charge in [-0.05, 0) is 6.07 Å². The van der Waals surface area contributed by atoms with Gasteiger partial charge >= 0.3 is 6.18 Å². The molecule has 16 heavy (non-hydrogen) atoms. The van der Waals surface area contributed by atoms with Gasteiger partial charge in [-0.1, -0.05) is 0 Å². The van der Waals surface area contributed by atoms with Gasteiger partial charge in [0.2, 0.25) is 0 Å². The summed E-state index contributed by atoms with van der Waals surface area (Å²) in [5, 5.41) is 1.97. The highest BCUT2D eigenvalue weighted by molar-refractivity contribution is 5.98. The molecule has 0 fully saturated rings. The van der Waals surface area contributed by atoms with E-state index in [0.717, 1.165) is 12.3 Å². The van der Waals surface area contributed by atoms with Crippen LogP contribution in [0.3, 0.4) is 0 Å². The number of pyridine rings is 1. The van der Waals surface area contributed by atoms with E-state index < -0.39 is 18.6 Å². The van der Waals surface area contributed by atoms with Gasteiger partial charge in [0.1, 0.15) is 12.4 Å². The average Bonchev–Trinajstić information content (AvgIpc) is 2.14. The predicted molar refractivity (Wildman–Crippen MR) is 51.7 cm³/mol. The molecule has 0 saturated heterocycles. The topological polar surface area (TPSA) is 94.0 Å². The van der Waals surface area contributed by atoms with Gasteiger partial charge in [0.25, 0.3) is 5.91 Å². The summed E-state index contributed by atoms with van der Waals surface area (Å²) >= 11 is 0. The van der Waals surface area contributed by atoms with Crippen LogP contribution in [0.2, 0.25) is 0 Å². The van der Waals surface area contributed by atoms with Crippen LogP contribution in [0.5, 0.6) is 0 Å². The second-order valence-electron chi connectivity index (χ2n) is 3.00. The fraction of sp³-hybridized carbons (Fsp3) is 0.250. The summed E-state index contributed by atoms with van der Waals surface area (Å²) in [6.45, 7) is -1.30. The minimum absolute atomic E-state index is 0.145. The number of nitrogens with one attached hydrogen (secondary N) is 1. The van der Waals surface area contributed by atoms with Crippen molar-refractivity contribution in [1.29, 1.82) is 0 Å². The Morgan fingerprint density at radius 3 is 2.62 bits per heavy atom. The molecular formula is C8H9F3N4O. The third-order valence-corrected chi connectivity index (χ3v) is 1.63. The van der Waals surface area contributed by atoms with Gasteiger partial charge in [-0.2, -0.15) is 13.2 Å². The lowest BCUT2D eigenvalue weighted by Crippen LogP contribution is -2.24. The van der Waals surface area contributed by atoms with Crippen molar-refractivity contribution < 1.29 is 18.0 Å². The molecule has 8 heteroatoms. The van der Waals surface area contributed by atoms with Crippen molar-refractivity contribution in [2.45, 2.75) is 6.18 Å². The first-order chi connectivity index (χ1) is 7.29. The SMILES string of the molecule is NC(=O)c1cc(N)cnc1NCC(F)(F)F. The van der Waals surface area contributed by atoms with Gasteiger partial charge in [0.05, 0.1) is 17.4 Å². The molecule has 5 nitrogen and oxygen atoms in total. The lowest BCUT2D eigenvalue weighted by Gasteiger charge is -2.11. The standard InChI is InChI=1S/C8H9F3N4O/c9-8(10,11)3-15-7-5(6(13)16)1-4(12)2-14-7/h1-2H,3,12H2,(H2,13,16)(H,14,15). The molecule has 5 N–H and O–H groups in total. The van der Waals surface area contributed by atoms with Crippen molar-refractivity contribution >= 4 is 17.4 Å². The summed E-state index contributed by atoms with van der Waals surface area (Å²) in [6, 6.07) is 1.16. The Morgan fingerprint density at radius 1 is 1.50 bits per heavy atom. The number of halogens is 3. The Balaban J connectivity index is 2.91. The Morgan fingerprint density at radius 2 is 2.12 bits per heavy atom. The number of amides is 1. The molecule has 1 rings (SSSR count). The summed E-state index contributed by atoms with van der Waals surface area (Å²) in [5.41, 5.74) is 10.3. The monoisotopic (exact) mass is 234 g/mol. The molecule has 1 amide bonds. The first-order valence-corrected chi connectivity index (χ1v) is 4.15. The van der Waals surface area contributed by atoms with E-state index >= 15 is 0 Å². The molecule has 0 aliphatic heterocycles. The molecule has 1 aromatic heterocycles. The van der Waals surface area contributed by atoms with Crippen LogP contribution >= 0.6 is 0 Å². The summed E-state index contributed by atoms with van der Waals surface area (Å²) < 4.78 is 35.8. The molecule has 0 spiro atoms. The Labute approximate surface area is 88.6 Å². The zero-order valence-electron chi connectivity index (χ0n) is 8.01. The van der Waals surface area contributed by atoms with Crippen LogP contribution in [-0.4, -0.2) is 23.6 Å². The van der Waals surface area contributed by atoms with Gasteiger partial charge in [0.15, 0.2) is 0 Å². The number of nitrogen functional groups attached to an aromatic ring is 1. The number of hydrogen-bond donors (Lipinski definition) is 3. The maximum atomic E-state index is 11.9. The molecule has 0 aromatic carbocycles. The summed E-state index contributed by atoms with van der Waals surface area (Å²) in [7, 11) is 0. The number of primary amides is 1. The van der Waals surface area contributed by atoms with E-state index in [2.05, 4.69) is 4.98 Å². The molecule has 0 saturated carbocycles. The Kier molecular flexibility index (Phi) is 3.21. The molecular weight excluding hydrogens is 225 g/mol. The third-order valence-electron chi connectivity index (χ3n) is 1.63. The molecule has 1 aromatic rings. The fourth-order valence-corrected chi connectivity index (χ4v) is 0.994. The van der Waals surface area contributed by atoms with Crippen LogP contribution in [0.25, 0.3) is 0 Å². The number of aromatic nitrogens is 1. The molecule has 0 unspecified atom stereocenters. The number of hydrogen-bond acceptors (Lipinski definition) is 4. The zero-order valence-corrected chi connectivity index (χ0v) is 8.01. The van der Waals surface area contributed by atoms with Crippen molar-refractivity contribution in [2.75, 3.05) is 17.6 Å². The largest absolute Gasteiger partial charge is 0.405 e. The quantitative estimate of drug-likeness (QED) is 0.718. The van der Waals surface area contributed by atoms with Crippen LogP contribution in [0.4, 0.5) is 24.7 Å². The summed E-state index contributed by atoms with van der Waals surface area (Å²) in [6.07, 6.45) is -3.27. The minimum Gasteiger partial charge on any atom is -0.397 e. The van der Waals surface area contributed by atoms with Crippen LogP contribution in [0.1, 0.15) is 10.4 Å². The molecule has 0 aliphatic rings. The van der Waals surface area contributed by atoms with Crippen molar-refractivity contribution in [3.05, 3.63) is 17.8 Å². The van der Waals surface area contributed by atoms with E-state index in [1.807, 2.05) is 5.32 Å². The molecule has 0 aliphatic carbocycles. The first kappa shape index (κ1) is 12.1. The number of carbonyl (C=O) groups is 1. The van der Waals surface area contributed by atoms with Gasteiger partial charge in [0, 0.05) is 0 Å². The van der Waals surface area contributed by atoms with Crippen LogP contribution in [0.15, 0.2) is 12.3 Å². The molecule has 0 radical (unpaired) electrons. The molecule has 0 bridgehead atoms. The molecule has 88 valence electrons. The lowest BCUT2D eigenvalue weighted by atomic mass is 10.2. The summed E-state index contributed by atoms with van der Waals surface area (Å²) in [4.78, 5) is 14.5. The van der Waals surface area contributed by atoms with E-state index in [9.17, 15) is 18.0 Å². The molecule has 0 atom stereocenters. The highest BCUT2D eigenvalue weighted by atomic mass is 19.4. The first-order valence-electron chi connectivity index (χ1n) is 4.15. The van der Waals surface area contributed by atoms with Crippen molar-refractivity contribution in [1.82, 2.24) is 4.98 Å². The van der Waals surface area contributed by atoms with E-state index in [1.165, 1.54) is 0 Å². The highest BCUT2D eigenvalue weighted by Crippen LogP contribution is 2.19. The number of anilines is 2. The maximum Gasteiger partial charge on any atom is 0.405 e. The maximum absolute atomic E-state index is 11.9. The minimum atomic E-state index is -4.40. The van der Waals surface area contributed by atoms with Crippen molar-refractivity contribution in [3.63, 3.8) is 0 Å². The summed E-state index contributed by atoms with van der Waals surface area (Å²) in [5.74, 6) is -1.14. The smallest absolute Gasteiger partial charge is 0.397 e. The van der Waals surface area contributed by atoms with E-state index in [1.54, 1.807) is 0 Å². The molecule has 1 heterocycles. The van der Waals surface area contributed by atoms with E-state index in [-0.39, 0.29) is 17.1 Å². The van der Waals surface area contributed by atoms with E-state index in [4.69, 9.17) is 11.5 Å². The number of rotatable bonds is 3. The number of nitrogens with zero attached hydrogens (tertiary/aromatic N) is 1. The lowest BCUT2D eigenvalue weighted by molar-refractivity contribution is -0.115. The van der Waals surface area contributed by atoms with Gasteiger partial charge in [-0.3, -0.25) is 4.79 Å². The van der Waals surface area contributed by atoms with Crippen molar-refractivity contribution in [3.8, 4) is 0 Å². The van der Waals surface area contributed by atoms with Crippen LogP contribution in [-0.2, 0) is 0 Å². The normalized spacial score (nSPS) is 11.2. The van der Waals surface area contributed by atoms with Gasteiger partial charge in [-0.25, -0.2) is 4.98 Å². The van der Waals surface area contributed by atoms with Crippen LogP contribution in [0, 0.1) is 0 Å². The second kappa shape index (κ2) is 4.25. The highest BCUT2D eigenvalue weighted by Gasteiger charge is 2.27. The second-order valence-corrected chi connectivity index (χ2v) is 3.00. The van der Waals surface area contributed by atoms with Gasteiger partial charge < -0.3 is 16.8 Å². The van der Waals surface area contributed by atoms with E-state index in [0.29, 0.717) is 0 Å². The van der Waals surface area contributed by atoms with Gasteiger partial charge in [-0.15, -0.1) is 0 Å². The zero-order chi connectivity index (χ0) is 12.3. The van der Waals surface area contributed by atoms with Crippen molar-refractivity contribution in [2.24, 2.45) is 5.73 Å². The average molecular weight is 234 g/mol. The number of nitrogens with two attached hydrogens (primary N) is 2. The van der Waals surface area contributed by atoms with Crippen LogP contribution < -0.4 is 16.8 Å².